The average Bonchev–Trinajstić information content (AvgIpc) is 2.63. The van der Waals surface area contributed by atoms with Crippen LogP contribution in [0.25, 0.3) is 6.08 Å². The SMILES string of the molecule is Cc1ccc(OC2CCN(C(=O)/C=C/c3ccccc3Cl)CC2)cn1. The van der Waals surface area contributed by atoms with Gasteiger partial charge >= 0.3 is 0 Å². The third-order valence-corrected chi connectivity index (χ3v) is 4.60. The number of aromatic nitrogens is 1. The van der Waals surface area contributed by atoms with Crippen molar-refractivity contribution in [2.24, 2.45) is 0 Å². The number of piperidine rings is 1. The Bertz CT molecular complexity index is 751. The Morgan fingerprint density at radius 3 is 2.68 bits per heavy atom. The van der Waals surface area contributed by atoms with Crippen molar-refractivity contribution < 1.29 is 9.53 Å². The first-order valence-corrected chi connectivity index (χ1v) is 8.80. The first-order chi connectivity index (χ1) is 12.1. The molecular formula is C20H21ClN2O2. The summed E-state index contributed by atoms with van der Waals surface area (Å²) in [6, 6.07) is 11.4. The number of hydrogen-bond acceptors (Lipinski definition) is 3. The molecule has 5 heteroatoms. The van der Waals surface area contributed by atoms with E-state index in [1.807, 2.05) is 48.2 Å². The van der Waals surface area contributed by atoms with E-state index >= 15 is 0 Å². The maximum absolute atomic E-state index is 12.3. The fraction of sp³-hybridized carbons (Fsp3) is 0.300. The highest BCUT2D eigenvalue weighted by Crippen LogP contribution is 2.20. The molecule has 3 rings (SSSR count). The summed E-state index contributed by atoms with van der Waals surface area (Å²) in [5, 5.41) is 0.644. The van der Waals surface area contributed by atoms with E-state index in [9.17, 15) is 4.79 Å². The number of benzene rings is 1. The topological polar surface area (TPSA) is 42.4 Å². The zero-order valence-electron chi connectivity index (χ0n) is 14.2. The molecule has 0 aliphatic carbocycles. The summed E-state index contributed by atoms with van der Waals surface area (Å²) in [6.45, 7) is 3.33. The molecule has 130 valence electrons. The Labute approximate surface area is 153 Å². The number of carbonyl (C=O) groups excluding carboxylic acids is 1. The smallest absolute Gasteiger partial charge is 0.246 e. The zero-order valence-corrected chi connectivity index (χ0v) is 14.9. The highest BCUT2D eigenvalue weighted by Gasteiger charge is 2.22. The number of aryl methyl sites for hydroxylation is 1. The van der Waals surface area contributed by atoms with Crippen LogP contribution in [0.4, 0.5) is 0 Å². The Morgan fingerprint density at radius 2 is 2.00 bits per heavy atom. The number of likely N-dealkylation sites (tertiary alicyclic amines) is 1. The first-order valence-electron chi connectivity index (χ1n) is 8.42. The van der Waals surface area contributed by atoms with Crippen LogP contribution in [-0.4, -0.2) is 35.0 Å². The number of hydrogen-bond donors (Lipinski definition) is 0. The lowest BCUT2D eigenvalue weighted by molar-refractivity contribution is -0.127. The van der Waals surface area contributed by atoms with E-state index < -0.39 is 0 Å². The molecule has 2 heterocycles. The highest BCUT2D eigenvalue weighted by molar-refractivity contribution is 6.32. The van der Waals surface area contributed by atoms with Crippen LogP contribution in [0.2, 0.25) is 5.02 Å². The van der Waals surface area contributed by atoms with E-state index in [2.05, 4.69) is 4.98 Å². The molecule has 1 aliphatic heterocycles. The Kier molecular flexibility index (Phi) is 5.71. The predicted octanol–water partition coefficient (Wildman–Crippen LogP) is 4.13. The van der Waals surface area contributed by atoms with Crippen molar-refractivity contribution in [3.8, 4) is 5.75 Å². The van der Waals surface area contributed by atoms with Crippen molar-refractivity contribution in [1.82, 2.24) is 9.88 Å². The van der Waals surface area contributed by atoms with Crippen molar-refractivity contribution in [3.05, 3.63) is 65.0 Å². The molecule has 1 aromatic carbocycles. The summed E-state index contributed by atoms with van der Waals surface area (Å²) in [4.78, 5) is 18.4. The van der Waals surface area contributed by atoms with Crippen molar-refractivity contribution in [2.45, 2.75) is 25.9 Å². The summed E-state index contributed by atoms with van der Waals surface area (Å²) >= 11 is 6.10. The molecule has 1 fully saturated rings. The summed E-state index contributed by atoms with van der Waals surface area (Å²) in [5.41, 5.74) is 1.82. The predicted molar refractivity (Wildman–Crippen MR) is 99.7 cm³/mol. The Hall–Kier alpha value is -2.33. The molecule has 0 spiro atoms. The van der Waals surface area contributed by atoms with Crippen molar-refractivity contribution in [3.63, 3.8) is 0 Å². The fourth-order valence-electron chi connectivity index (χ4n) is 2.79. The van der Waals surface area contributed by atoms with Crippen LogP contribution < -0.4 is 4.74 Å². The van der Waals surface area contributed by atoms with Crippen LogP contribution in [0.3, 0.4) is 0 Å². The minimum absolute atomic E-state index is 0.00960. The van der Waals surface area contributed by atoms with Crippen molar-refractivity contribution in [1.29, 1.82) is 0 Å². The van der Waals surface area contributed by atoms with E-state index in [0.717, 1.165) is 29.8 Å². The highest BCUT2D eigenvalue weighted by atomic mass is 35.5. The third kappa shape index (κ3) is 4.83. The van der Waals surface area contributed by atoms with Gasteiger partial charge in [-0.1, -0.05) is 29.8 Å². The van der Waals surface area contributed by atoms with Gasteiger partial charge in [0.1, 0.15) is 11.9 Å². The summed E-state index contributed by atoms with van der Waals surface area (Å²) < 4.78 is 5.95. The maximum atomic E-state index is 12.3. The van der Waals surface area contributed by atoms with Gasteiger partial charge in [-0.25, -0.2) is 0 Å². The lowest BCUT2D eigenvalue weighted by atomic mass is 10.1. The number of carbonyl (C=O) groups is 1. The van der Waals surface area contributed by atoms with Crippen LogP contribution in [-0.2, 0) is 4.79 Å². The maximum Gasteiger partial charge on any atom is 0.246 e. The quantitative estimate of drug-likeness (QED) is 0.774. The second-order valence-electron chi connectivity index (χ2n) is 6.13. The minimum Gasteiger partial charge on any atom is -0.489 e. The van der Waals surface area contributed by atoms with Crippen molar-refractivity contribution in [2.75, 3.05) is 13.1 Å². The van der Waals surface area contributed by atoms with Crippen LogP contribution in [0.15, 0.2) is 48.7 Å². The van der Waals surface area contributed by atoms with E-state index in [-0.39, 0.29) is 12.0 Å². The van der Waals surface area contributed by atoms with Gasteiger partial charge in [0.05, 0.1) is 6.20 Å². The summed E-state index contributed by atoms with van der Waals surface area (Å²) in [7, 11) is 0. The largest absolute Gasteiger partial charge is 0.489 e. The fourth-order valence-corrected chi connectivity index (χ4v) is 2.99. The molecule has 0 atom stereocenters. The molecule has 0 saturated carbocycles. The van der Waals surface area contributed by atoms with Gasteiger partial charge in [0.25, 0.3) is 0 Å². The van der Waals surface area contributed by atoms with E-state index in [1.54, 1.807) is 18.3 Å². The van der Waals surface area contributed by atoms with Gasteiger partial charge in [-0.05, 0) is 36.8 Å². The van der Waals surface area contributed by atoms with Crippen LogP contribution in [0, 0.1) is 6.92 Å². The molecule has 0 N–H and O–H groups in total. The van der Waals surface area contributed by atoms with Crippen LogP contribution >= 0.6 is 11.6 Å². The molecular weight excluding hydrogens is 336 g/mol. The molecule has 4 nitrogen and oxygen atoms in total. The standard InChI is InChI=1S/C20H21ClN2O2/c1-15-6-8-18(14-22-15)25-17-10-12-23(13-11-17)20(24)9-7-16-4-2-3-5-19(16)21/h2-9,14,17H,10-13H2,1H3/b9-7+. The second-order valence-corrected chi connectivity index (χ2v) is 6.54. The zero-order chi connectivity index (χ0) is 17.6. The van der Waals surface area contributed by atoms with Gasteiger partial charge in [0, 0.05) is 42.7 Å². The molecule has 0 unspecified atom stereocenters. The summed E-state index contributed by atoms with van der Waals surface area (Å²) in [6.07, 6.45) is 6.87. The van der Waals surface area contributed by atoms with Crippen LogP contribution in [0.5, 0.6) is 5.75 Å². The van der Waals surface area contributed by atoms with E-state index in [4.69, 9.17) is 16.3 Å². The number of pyridine rings is 1. The number of ether oxygens (including phenoxy) is 1. The second kappa shape index (κ2) is 8.17. The lowest BCUT2D eigenvalue weighted by Gasteiger charge is -2.31. The lowest BCUT2D eigenvalue weighted by Crippen LogP contribution is -2.41. The number of nitrogens with zero attached hydrogens (tertiary/aromatic N) is 2. The Morgan fingerprint density at radius 1 is 1.24 bits per heavy atom. The van der Waals surface area contributed by atoms with Gasteiger partial charge in [-0.2, -0.15) is 0 Å². The van der Waals surface area contributed by atoms with Gasteiger partial charge in [-0.15, -0.1) is 0 Å². The number of rotatable bonds is 4. The van der Waals surface area contributed by atoms with Gasteiger partial charge in [0.2, 0.25) is 5.91 Å². The monoisotopic (exact) mass is 356 g/mol. The first kappa shape index (κ1) is 17.5. The van der Waals surface area contributed by atoms with Gasteiger partial charge < -0.3 is 9.64 Å². The molecule has 0 radical (unpaired) electrons. The van der Waals surface area contributed by atoms with E-state index in [1.165, 1.54) is 0 Å². The average molecular weight is 357 g/mol. The van der Waals surface area contributed by atoms with Gasteiger partial charge in [0.15, 0.2) is 0 Å². The minimum atomic E-state index is 0.00960. The van der Waals surface area contributed by atoms with Crippen LogP contribution in [0.1, 0.15) is 24.1 Å². The van der Waals surface area contributed by atoms with Gasteiger partial charge in [-0.3, -0.25) is 9.78 Å². The van der Waals surface area contributed by atoms with E-state index in [0.29, 0.717) is 18.1 Å². The third-order valence-electron chi connectivity index (χ3n) is 4.25. The Balaban J connectivity index is 1.50. The normalized spacial score (nSPS) is 15.5. The molecule has 2 aromatic rings. The number of halogens is 1. The molecule has 1 amide bonds. The molecule has 1 aliphatic rings. The molecule has 25 heavy (non-hydrogen) atoms. The van der Waals surface area contributed by atoms with Crippen molar-refractivity contribution >= 4 is 23.6 Å². The molecule has 1 aromatic heterocycles. The molecule has 1 saturated heterocycles. The summed E-state index contributed by atoms with van der Waals surface area (Å²) in [5.74, 6) is 0.796. The number of amides is 1. The molecule has 0 bridgehead atoms.